The number of benzene rings is 1. The van der Waals surface area contributed by atoms with E-state index in [2.05, 4.69) is 10.5 Å². The molecule has 6 heteroatoms. The molecule has 0 aliphatic carbocycles. The highest BCUT2D eigenvalue weighted by atomic mass is 16.5. The van der Waals surface area contributed by atoms with Gasteiger partial charge >= 0.3 is 0 Å². The predicted octanol–water partition coefficient (Wildman–Crippen LogP) is 0.916. The lowest BCUT2D eigenvalue weighted by molar-refractivity contribution is 0.149. The Labute approximate surface area is 113 Å². The molecule has 0 radical (unpaired) electrons. The first kappa shape index (κ1) is 15.3. The maximum Gasteiger partial charge on any atom is 0.173 e. The number of hydrogen-bond donors (Lipinski definition) is 3. The minimum absolute atomic E-state index is 0.0349. The monoisotopic (exact) mass is 267 g/mol. The van der Waals surface area contributed by atoms with E-state index in [0.717, 1.165) is 18.7 Å². The molecule has 0 atom stereocenters. The van der Waals surface area contributed by atoms with Gasteiger partial charge in [-0.05, 0) is 24.6 Å². The van der Waals surface area contributed by atoms with Crippen molar-refractivity contribution in [3.8, 4) is 5.75 Å². The number of oxime groups is 1. The Kier molecular flexibility index (Phi) is 6.70. The summed E-state index contributed by atoms with van der Waals surface area (Å²) in [5.41, 5.74) is 7.19. The van der Waals surface area contributed by atoms with Crippen LogP contribution in [0.2, 0.25) is 0 Å². The molecule has 0 aliphatic heterocycles. The lowest BCUT2D eigenvalue weighted by atomic mass is 10.1. The summed E-state index contributed by atoms with van der Waals surface area (Å²) in [6.45, 7) is 4.88. The van der Waals surface area contributed by atoms with E-state index in [0.29, 0.717) is 24.5 Å². The SMILES string of the molecule is CCOCCNCc1ccc(/C(N)=N/O)c(OC)c1. The largest absolute Gasteiger partial charge is 0.496 e. The summed E-state index contributed by atoms with van der Waals surface area (Å²) in [4.78, 5) is 0. The van der Waals surface area contributed by atoms with Crippen molar-refractivity contribution in [3.05, 3.63) is 29.3 Å². The van der Waals surface area contributed by atoms with Gasteiger partial charge in [-0.25, -0.2) is 0 Å². The van der Waals surface area contributed by atoms with Crippen LogP contribution in [0, 0.1) is 0 Å². The summed E-state index contributed by atoms with van der Waals surface area (Å²) < 4.78 is 10.5. The Morgan fingerprint density at radius 2 is 2.26 bits per heavy atom. The molecule has 6 nitrogen and oxygen atoms in total. The van der Waals surface area contributed by atoms with E-state index in [-0.39, 0.29) is 5.84 Å². The lowest BCUT2D eigenvalue weighted by Gasteiger charge is -2.10. The smallest absolute Gasteiger partial charge is 0.173 e. The highest BCUT2D eigenvalue weighted by Gasteiger charge is 2.08. The zero-order chi connectivity index (χ0) is 14.1. The predicted molar refractivity (Wildman–Crippen MR) is 73.7 cm³/mol. The van der Waals surface area contributed by atoms with Gasteiger partial charge in [0.1, 0.15) is 5.75 Å². The van der Waals surface area contributed by atoms with Gasteiger partial charge in [0.2, 0.25) is 0 Å². The zero-order valence-electron chi connectivity index (χ0n) is 11.3. The molecular formula is C13H21N3O3. The van der Waals surface area contributed by atoms with Crippen LogP contribution < -0.4 is 15.8 Å². The van der Waals surface area contributed by atoms with E-state index < -0.39 is 0 Å². The fourth-order valence-electron chi connectivity index (χ4n) is 1.63. The Morgan fingerprint density at radius 3 is 2.89 bits per heavy atom. The Balaban J connectivity index is 2.62. The van der Waals surface area contributed by atoms with Gasteiger partial charge in [0.05, 0.1) is 19.3 Å². The average Bonchev–Trinajstić information content (AvgIpc) is 2.46. The molecule has 0 heterocycles. The number of amidine groups is 1. The Morgan fingerprint density at radius 1 is 1.47 bits per heavy atom. The molecule has 0 fully saturated rings. The van der Waals surface area contributed by atoms with E-state index in [4.69, 9.17) is 20.4 Å². The summed E-state index contributed by atoms with van der Waals surface area (Å²) in [5, 5.41) is 14.9. The van der Waals surface area contributed by atoms with Crippen LogP contribution in [-0.2, 0) is 11.3 Å². The molecule has 0 spiro atoms. The molecule has 0 aliphatic rings. The molecule has 0 amide bonds. The molecule has 0 bridgehead atoms. The van der Waals surface area contributed by atoms with Gasteiger partial charge < -0.3 is 25.7 Å². The number of nitrogens with two attached hydrogens (primary N) is 1. The van der Waals surface area contributed by atoms with Crippen molar-refractivity contribution in [3.63, 3.8) is 0 Å². The molecular weight excluding hydrogens is 246 g/mol. The van der Waals surface area contributed by atoms with Gasteiger partial charge in [-0.15, -0.1) is 0 Å². The summed E-state index contributed by atoms with van der Waals surface area (Å²) in [5.74, 6) is 0.618. The van der Waals surface area contributed by atoms with Crippen molar-refractivity contribution in [2.24, 2.45) is 10.9 Å². The van der Waals surface area contributed by atoms with Crippen molar-refractivity contribution in [1.82, 2.24) is 5.32 Å². The second kappa shape index (κ2) is 8.34. The van der Waals surface area contributed by atoms with Gasteiger partial charge in [-0.2, -0.15) is 0 Å². The van der Waals surface area contributed by atoms with Crippen molar-refractivity contribution in [2.45, 2.75) is 13.5 Å². The second-order valence-electron chi connectivity index (χ2n) is 3.89. The topological polar surface area (TPSA) is 89.1 Å². The quantitative estimate of drug-likeness (QED) is 0.214. The van der Waals surface area contributed by atoms with E-state index in [1.807, 2.05) is 19.1 Å². The molecule has 19 heavy (non-hydrogen) atoms. The molecule has 0 aromatic heterocycles. The minimum Gasteiger partial charge on any atom is -0.496 e. The van der Waals surface area contributed by atoms with Gasteiger partial charge in [-0.1, -0.05) is 11.2 Å². The van der Waals surface area contributed by atoms with Crippen LogP contribution in [0.5, 0.6) is 5.75 Å². The van der Waals surface area contributed by atoms with Crippen LogP contribution in [0.1, 0.15) is 18.1 Å². The third-order valence-electron chi connectivity index (χ3n) is 2.61. The second-order valence-corrected chi connectivity index (χ2v) is 3.89. The maximum absolute atomic E-state index is 8.68. The summed E-state index contributed by atoms with van der Waals surface area (Å²) >= 11 is 0. The molecule has 0 saturated carbocycles. The fourth-order valence-corrected chi connectivity index (χ4v) is 1.63. The Bertz CT molecular complexity index is 422. The molecule has 0 saturated heterocycles. The number of nitrogens with one attached hydrogen (secondary N) is 1. The average molecular weight is 267 g/mol. The van der Waals surface area contributed by atoms with Gasteiger partial charge in [-0.3, -0.25) is 0 Å². The normalized spacial score (nSPS) is 11.6. The first-order valence-electron chi connectivity index (χ1n) is 6.16. The van der Waals surface area contributed by atoms with Gasteiger partial charge in [0.25, 0.3) is 0 Å². The molecule has 4 N–H and O–H groups in total. The van der Waals surface area contributed by atoms with Crippen molar-refractivity contribution >= 4 is 5.84 Å². The number of rotatable bonds is 8. The first-order valence-corrected chi connectivity index (χ1v) is 6.16. The third-order valence-corrected chi connectivity index (χ3v) is 2.61. The summed E-state index contributed by atoms with van der Waals surface area (Å²) in [6, 6.07) is 5.54. The molecule has 1 aromatic rings. The zero-order valence-corrected chi connectivity index (χ0v) is 11.3. The highest BCUT2D eigenvalue weighted by Crippen LogP contribution is 2.19. The van der Waals surface area contributed by atoms with E-state index >= 15 is 0 Å². The third kappa shape index (κ3) is 4.76. The number of hydrogen-bond acceptors (Lipinski definition) is 5. The van der Waals surface area contributed by atoms with Crippen LogP contribution in [0.3, 0.4) is 0 Å². The van der Waals surface area contributed by atoms with Crippen molar-refractivity contribution in [1.29, 1.82) is 0 Å². The lowest BCUT2D eigenvalue weighted by Crippen LogP contribution is -2.19. The maximum atomic E-state index is 8.68. The van der Waals surface area contributed by atoms with E-state index in [1.54, 1.807) is 13.2 Å². The first-order chi connectivity index (χ1) is 9.22. The summed E-state index contributed by atoms with van der Waals surface area (Å²) in [7, 11) is 1.55. The van der Waals surface area contributed by atoms with Crippen LogP contribution in [-0.4, -0.2) is 37.9 Å². The minimum atomic E-state index is 0.0349. The highest BCUT2D eigenvalue weighted by molar-refractivity contribution is 5.99. The van der Waals surface area contributed by atoms with E-state index in [9.17, 15) is 0 Å². The number of nitrogens with zero attached hydrogens (tertiary/aromatic N) is 1. The van der Waals surface area contributed by atoms with Gasteiger partial charge in [0.15, 0.2) is 5.84 Å². The standard InChI is InChI=1S/C13H21N3O3/c1-3-19-7-6-15-9-10-4-5-11(13(14)16-17)12(8-10)18-2/h4-5,8,15,17H,3,6-7,9H2,1-2H3,(H2,14,16). The molecule has 1 aromatic carbocycles. The Hall–Kier alpha value is -1.79. The van der Waals surface area contributed by atoms with E-state index in [1.165, 1.54) is 0 Å². The van der Waals surface area contributed by atoms with Crippen LogP contribution in [0.4, 0.5) is 0 Å². The van der Waals surface area contributed by atoms with Crippen LogP contribution in [0.25, 0.3) is 0 Å². The molecule has 0 unspecified atom stereocenters. The summed E-state index contributed by atoms with van der Waals surface area (Å²) in [6.07, 6.45) is 0. The number of ether oxygens (including phenoxy) is 2. The van der Waals surface area contributed by atoms with Crippen LogP contribution >= 0.6 is 0 Å². The molecule has 1 rings (SSSR count). The van der Waals surface area contributed by atoms with Crippen molar-refractivity contribution < 1.29 is 14.7 Å². The van der Waals surface area contributed by atoms with Gasteiger partial charge in [0, 0.05) is 19.7 Å². The molecule has 106 valence electrons. The van der Waals surface area contributed by atoms with Crippen LogP contribution in [0.15, 0.2) is 23.4 Å². The van der Waals surface area contributed by atoms with Crippen molar-refractivity contribution in [2.75, 3.05) is 26.9 Å². The number of methoxy groups -OCH3 is 1. The fraction of sp³-hybridized carbons (Fsp3) is 0.462.